The van der Waals surface area contributed by atoms with Gasteiger partial charge in [0.1, 0.15) is 6.10 Å². The first-order valence-corrected chi connectivity index (χ1v) is 5.16. The van der Waals surface area contributed by atoms with Crippen LogP contribution in [-0.4, -0.2) is 19.0 Å². The standard InChI is InChI=1S/C13H18O2/c1-9-5-6-12(7-10(9)2)8-13(14)11(3)15-4/h5-7,11H,8H2,1-4H3. The normalized spacial score (nSPS) is 12.5. The zero-order valence-electron chi connectivity index (χ0n) is 9.83. The zero-order valence-corrected chi connectivity index (χ0v) is 9.83. The summed E-state index contributed by atoms with van der Waals surface area (Å²) in [7, 11) is 1.56. The van der Waals surface area contributed by atoms with Crippen LogP contribution >= 0.6 is 0 Å². The summed E-state index contributed by atoms with van der Waals surface area (Å²) in [4.78, 5) is 11.6. The van der Waals surface area contributed by atoms with Crippen LogP contribution in [-0.2, 0) is 16.0 Å². The number of carbonyl (C=O) groups excluding carboxylic acids is 1. The molecule has 1 unspecified atom stereocenters. The Labute approximate surface area is 91.3 Å². The maximum Gasteiger partial charge on any atom is 0.165 e. The lowest BCUT2D eigenvalue weighted by molar-refractivity contribution is -0.127. The molecule has 2 nitrogen and oxygen atoms in total. The predicted molar refractivity (Wildman–Crippen MR) is 61.1 cm³/mol. The molecule has 0 aliphatic heterocycles. The summed E-state index contributed by atoms with van der Waals surface area (Å²) in [6.07, 6.45) is 0.141. The van der Waals surface area contributed by atoms with E-state index in [9.17, 15) is 4.79 Å². The van der Waals surface area contributed by atoms with Crippen LogP contribution in [0, 0.1) is 13.8 Å². The lowest BCUT2D eigenvalue weighted by atomic mass is 10.0. The first kappa shape index (κ1) is 11.9. The molecule has 1 atom stereocenters. The van der Waals surface area contributed by atoms with E-state index < -0.39 is 0 Å². The third-order valence-electron chi connectivity index (χ3n) is 2.76. The molecule has 0 aliphatic rings. The number of hydrogen-bond acceptors (Lipinski definition) is 2. The predicted octanol–water partition coefficient (Wildman–Crippen LogP) is 2.45. The molecule has 0 saturated heterocycles. The Morgan fingerprint density at radius 1 is 1.33 bits per heavy atom. The molecule has 82 valence electrons. The Hall–Kier alpha value is -1.15. The number of aryl methyl sites for hydroxylation is 2. The summed E-state index contributed by atoms with van der Waals surface area (Å²) in [6, 6.07) is 6.12. The molecule has 0 saturated carbocycles. The van der Waals surface area contributed by atoms with Gasteiger partial charge in [-0.25, -0.2) is 0 Å². The maximum absolute atomic E-state index is 11.6. The first-order chi connectivity index (χ1) is 7.04. The molecule has 0 aromatic heterocycles. The molecule has 0 bridgehead atoms. The Balaban J connectivity index is 2.73. The molecule has 0 spiro atoms. The lowest BCUT2D eigenvalue weighted by Crippen LogP contribution is -2.20. The molecule has 1 rings (SSSR count). The van der Waals surface area contributed by atoms with Crippen molar-refractivity contribution in [3.8, 4) is 0 Å². The second-order valence-electron chi connectivity index (χ2n) is 3.94. The highest BCUT2D eigenvalue weighted by atomic mass is 16.5. The van der Waals surface area contributed by atoms with Crippen molar-refractivity contribution >= 4 is 5.78 Å². The summed E-state index contributed by atoms with van der Waals surface area (Å²) in [6.45, 7) is 5.91. The van der Waals surface area contributed by atoms with Gasteiger partial charge in [-0.3, -0.25) is 4.79 Å². The molecule has 1 aromatic rings. The Morgan fingerprint density at radius 2 is 2.00 bits per heavy atom. The fourth-order valence-corrected chi connectivity index (χ4v) is 1.39. The number of benzene rings is 1. The van der Waals surface area contributed by atoms with E-state index in [0.717, 1.165) is 5.56 Å². The average Bonchev–Trinajstić information content (AvgIpc) is 2.22. The second-order valence-corrected chi connectivity index (χ2v) is 3.94. The minimum Gasteiger partial charge on any atom is -0.374 e. The SMILES string of the molecule is COC(C)C(=O)Cc1ccc(C)c(C)c1. The lowest BCUT2D eigenvalue weighted by Gasteiger charge is -2.09. The van der Waals surface area contributed by atoms with Crippen LogP contribution in [0.1, 0.15) is 23.6 Å². The van der Waals surface area contributed by atoms with Gasteiger partial charge in [0.2, 0.25) is 0 Å². The number of Topliss-reactive ketones (excluding diaryl/α,β-unsaturated/α-hetero) is 1. The third-order valence-corrected chi connectivity index (χ3v) is 2.76. The van der Waals surface area contributed by atoms with Gasteiger partial charge >= 0.3 is 0 Å². The third kappa shape index (κ3) is 3.17. The van der Waals surface area contributed by atoms with Gasteiger partial charge in [0.15, 0.2) is 5.78 Å². The van der Waals surface area contributed by atoms with Gasteiger partial charge in [0, 0.05) is 13.5 Å². The van der Waals surface area contributed by atoms with E-state index in [-0.39, 0.29) is 11.9 Å². The number of methoxy groups -OCH3 is 1. The summed E-state index contributed by atoms with van der Waals surface area (Å²) in [5, 5.41) is 0. The number of ether oxygens (including phenoxy) is 1. The number of carbonyl (C=O) groups is 1. The Bertz CT molecular complexity index is 356. The van der Waals surface area contributed by atoms with Crippen LogP contribution in [0.25, 0.3) is 0 Å². The second kappa shape index (κ2) is 5.08. The molecule has 15 heavy (non-hydrogen) atoms. The quantitative estimate of drug-likeness (QED) is 0.756. The number of ketones is 1. The molecular weight excluding hydrogens is 188 g/mol. The highest BCUT2D eigenvalue weighted by Crippen LogP contribution is 2.11. The fourth-order valence-electron chi connectivity index (χ4n) is 1.39. The summed E-state index contributed by atoms with van der Waals surface area (Å²) in [5.74, 6) is 0.126. The van der Waals surface area contributed by atoms with Crippen LogP contribution in [0.5, 0.6) is 0 Å². The molecule has 0 amide bonds. The van der Waals surface area contributed by atoms with E-state index in [1.165, 1.54) is 11.1 Å². The van der Waals surface area contributed by atoms with E-state index in [1.807, 2.05) is 6.07 Å². The highest BCUT2D eigenvalue weighted by Gasteiger charge is 2.12. The van der Waals surface area contributed by atoms with Crippen molar-refractivity contribution in [1.29, 1.82) is 0 Å². The fraction of sp³-hybridized carbons (Fsp3) is 0.462. The van der Waals surface area contributed by atoms with Crippen LogP contribution in [0.2, 0.25) is 0 Å². The van der Waals surface area contributed by atoms with Crippen molar-refractivity contribution in [2.45, 2.75) is 33.3 Å². The van der Waals surface area contributed by atoms with Crippen molar-refractivity contribution in [2.24, 2.45) is 0 Å². The van der Waals surface area contributed by atoms with E-state index in [4.69, 9.17) is 4.74 Å². The Kier molecular flexibility index (Phi) is 4.04. The molecule has 2 heteroatoms. The van der Waals surface area contributed by atoms with Gasteiger partial charge in [0.05, 0.1) is 0 Å². The monoisotopic (exact) mass is 206 g/mol. The van der Waals surface area contributed by atoms with Crippen molar-refractivity contribution in [1.82, 2.24) is 0 Å². The molecule has 0 aliphatic carbocycles. The molecular formula is C13H18O2. The summed E-state index contributed by atoms with van der Waals surface area (Å²) in [5.41, 5.74) is 3.54. The van der Waals surface area contributed by atoms with Gasteiger partial charge in [-0.05, 0) is 37.5 Å². The van der Waals surface area contributed by atoms with Gasteiger partial charge < -0.3 is 4.74 Å². The topological polar surface area (TPSA) is 26.3 Å². The van der Waals surface area contributed by atoms with E-state index >= 15 is 0 Å². The van der Waals surface area contributed by atoms with E-state index in [0.29, 0.717) is 6.42 Å². The van der Waals surface area contributed by atoms with Gasteiger partial charge in [-0.1, -0.05) is 18.2 Å². The molecule has 0 heterocycles. The molecule has 0 fully saturated rings. The summed E-state index contributed by atoms with van der Waals surface area (Å²) >= 11 is 0. The van der Waals surface area contributed by atoms with Gasteiger partial charge in [-0.15, -0.1) is 0 Å². The first-order valence-electron chi connectivity index (χ1n) is 5.16. The minimum absolute atomic E-state index is 0.126. The van der Waals surface area contributed by atoms with Crippen molar-refractivity contribution in [2.75, 3.05) is 7.11 Å². The summed E-state index contributed by atoms with van der Waals surface area (Å²) < 4.78 is 4.99. The van der Waals surface area contributed by atoms with Crippen LogP contribution in [0.4, 0.5) is 0 Å². The van der Waals surface area contributed by atoms with Crippen molar-refractivity contribution in [3.05, 3.63) is 34.9 Å². The van der Waals surface area contributed by atoms with Crippen molar-refractivity contribution < 1.29 is 9.53 Å². The van der Waals surface area contributed by atoms with Crippen LogP contribution in [0.15, 0.2) is 18.2 Å². The number of hydrogen-bond donors (Lipinski definition) is 0. The van der Waals surface area contributed by atoms with E-state index in [1.54, 1.807) is 14.0 Å². The smallest absolute Gasteiger partial charge is 0.165 e. The van der Waals surface area contributed by atoms with Gasteiger partial charge in [-0.2, -0.15) is 0 Å². The van der Waals surface area contributed by atoms with Gasteiger partial charge in [0.25, 0.3) is 0 Å². The molecule has 1 aromatic carbocycles. The van der Waals surface area contributed by atoms with Crippen LogP contribution < -0.4 is 0 Å². The largest absolute Gasteiger partial charge is 0.374 e. The number of rotatable bonds is 4. The minimum atomic E-state index is -0.313. The Morgan fingerprint density at radius 3 is 2.53 bits per heavy atom. The van der Waals surface area contributed by atoms with Crippen LogP contribution in [0.3, 0.4) is 0 Å². The van der Waals surface area contributed by atoms with E-state index in [2.05, 4.69) is 26.0 Å². The maximum atomic E-state index is 11.6. The molecule has 0 radical (unpaired) electrons. The average molecular weight is 206 g/mol. The zero-order chi connectivity index (χ0) is 11.4. The highest BCUT2D eigenvalue weighted by molar-refractivity contribution is 5.84. The van der Waals surface area contributed by atoms with Crippen molar-refractivity contribution in [3.63, 3.8) is 0 Å². The molecule has 0 N–H and O–H groups in total.